The zero-order chi connectivity index (χ0) is 21.4. The van der Waals surface area contributed by atoms with E-state index in [-0.39, 0.29) is 5.91 Å². The predicted octanol–water partition coefficient (Wildman–Crippen LogP) is 3.58. The average molecular weight is 410 g/mol. The molecule has 0 aliphatic carbocycles. The fraction of sp³-hybridized carbons (Fsp3) is 0.174. The van der Waals surface area contributed by atoms with E-state index >= 15 is 0 Å². The summed E-state index contributed by atoms with van der Waals surface area (Å²) in [5, 5.41) is 13.2. The number of rotatable bonds is 3. The summed E-state index contributed by atoms with van der Waals surface area (Å²) in [6, 6.07) is 16.1. The lowest BCUT2D eigenvalue weighted by atomic mass is 10.0. The van der Waals surface area contributed by atoms with Crippen LogP contribution in [0.5, 0.6) is 0 Å². The van der Waals surface area contributed by atoms with E-state index in [1.54, 1.807) is 35.5 Å². The first kappa shape index (κ1) is 18.8. The summed E-state index contributed by atoms with van der Waals surface area (Å²) < 4.78 is 5.61. The van der Waals surface area contributed by atoms with Gasteiger partial charge in [-0.1, -0.05) is 28.9 Å². The SMILES string of the molecule is Cc1cccc(-c2noc(C3Cc4nc[nH]c4CN3C(=O)c3ccc(C#N)cc3)n2)c1. The quantitative estimate of drug-likeness (QED) is 0.552. The molecular weight excluding hydrogens is 392 g/mol. The Morgan fingerprint density at radius 2 is 2.10 bits per heavy atom. The number of carbonyl (C=O) groups excluding carboxylic acids is 1. The third-order valence-corrected chi connectivity index (χ3v) is 5.42. The van der Waals surface area contributed by atoms with Crippen LogP contribution in [-0.2, 0) is 13.0 Å². The number of amides is 1. The van der Waals surface area contributed by atoms with Crippen LogP contribution >= 0.6 is 0 Å². The second-order valence-electron chi connectivity index (χ2n) is 7.50. The number of aromatic nitrogens is 4. The summed E-state index contributed by atoms with van der Waals surface area (Å²) in [4.78, 5) is 27.1. The van der Waals surface area contributed by atoms with Crippen LogP contribution < -0.4 is 0 Å². The Balaban J connectivity index is 1.50. The maximum atomic E-state index is 13.4. The van der Waals surface area contributed by atoms with Gasteiger partial charge in [0.15, 0.2) is 0 Å². The second-order valence-corrected chi connectivity index (χ2v) is 7.50. The van der Waals surface area contributed by atoms with Crippen LogP contribution in [0.1, 0.15) is 44.8 Å². The van der Waals surface area contributed by atoms with E-state index in [1.165, 1.54) is 0 Å². The van der Waals surface area contributed by atoms with Gasteiger partial charge in [-0.3, -0.25) is 4.79 Å². The molecule has 152 valence electrons. The molecule has 1 atom stereocenters. The first-order valence-corrected chi connectivity index (χ1v) is 9.85. The third-order valence-electron chi connectivity index (χ3n) is 5.42. The molecule has 0 saturated carbocycles. The van der Waals surface area contributed by atoms with Crippen LogP contribution in [0.25, 0.3) is 11.4 Å². The molecule has 0 saturated heterocycles. The van der Waals surface area contributed by atoms with Crippen LogP contribution in [0, 0.1) is 18.3 Å². The van der Waals surface area contributed by atoms with Gasteiger partial charge in [-0.15, -0.1) is 0 Å². The molecule has 2 aromatic carbocycles. The first-order valence-electron chi connectivity index (χ1n) is 9.85. The van der Waals surface area contributed by atoms with Gasteiger partial charge in [0.05, 0.1) is 35.9 Å². The van der Waals surface area contributed by atoms with Gasteiger partial charge >= 0.3 is 0 Å². The number of fused-ring (bicyclic) bond motifs is 1. The van der Waals surface area contributed by atoms with E-state index in [4.69, 9.17) is 9.78 Å². The molecule has 1 aliphatic rings. The lowest BCUT2D eigenvalue weighted by molar-refractivity contribution is 0.0590. The number of benzene rings is 2. The van der Waals surface area contributed by atoms with Crippen LogP contribution in [-0.4, -0.2) is 30.9 Å². The van der Waals surface area contributed by atoms with E-state index in [1.807, 2.05) is 31.2 Å². The van der Waals surface area contributed by atoms with Crippen molar-refractivity contribution in [2.45, 2.75) is 25.9 Å². The van der Waals surface area contributed by atoms with Gasteiger partial charge in [-0.2, -0.15) is 10.2 Å². The Hall–Kier alpha value is -4.25. The van der Waals surface area contributed by atoms with Crippen LogP contribution in [0.4, 0.5) is 0 Å². The lowest BCUT2D eigenvalue weighted by Crippen LogP contribution is -2.39. The molecule has 1 amide bonds. The number of aryl methyl sites for hydroxylation is 1. The smallest absolute Gasteiger partial charge is 0.254 e. The fourth-order valence-corrected chi connectivity index (χ4v) is 3.80. The van der Waals surface area contributed by atoms with Gasteiger partial charge in [0.1, 0.15) is 6.04 Å². The number of aromatic amines is 1. The second kappa shape index (κ2) is 7.54. The Morgan fingerprint density at radius 1 is 1.26 bits per heavy atom. The molecule has 1 unspecified atom stereocenters. The molecular formula is C23H18N6O2. The lowest BCUT2D eigenvalue weighted by Gasteiger charge is -2.32. The van der Waals surface area contributed by atoms with Gasteiger partial charge < -0.3 is 14.4 Å². The van der Waals surface area contributed by atoms with E-state index in [0.29, 0.717) is 35.8 Å². The van der Waals surface area contributed by atoms with Crippen LogP contribution in [0.2, 0.25) is 0 Å². The molecule has 0 fully saturated rings. The standard InChI is InChI=1S/C23H18N6O2/c1-14-3-2-4-17(9-14)21-27-22(31-28-21)20-10-18-19(26-13-25-18)12-29(20)23(30)16-7-5-15(11-24)6-8-16/h2-9,13,20H,10,12H2,1H3,(H,25,26). The number of nitriles is 1. The number of hydrogen-bond acceptors (Lipinski definition) is 6. The molecule has 31 heavy (non-hydrogen) atoms. The Morgan fingerprint density at radius 3 is 2.87 bits per heavy atom. The first-order chi connectivity index (χ1) is 15.1. The fourth-order valence-electron chi connectivity index (χ4n) is 3.80. The molecule has 4 aromatic rings. The molecule has 5 rings (SSSR count). The maximum absolute atomic E-state index is 13.4. The summed E-state index contributed by atoms with van der Waals surface area (Å²) >= 11 is 0. The molecule has 0 spiro atoms. The minimum absolute atomic E-state index is 0.176. The van der Waals surface area contributed by atoms with Crippen LogP contribution in [0.15, 0.2) is 59.4 Å². The van der Waals surface area contributed by atoms with E-state index in [9.17, 15) is 4.79 Å². The Bertz CT molecular complexity index is 1300. The zero-order valence-electron chi connectivity index (χ0n) is 16.7. The maximum Gasteiger partial charge on any atom is 0.254 e. The minimum Gasteiger partial charge on any atom is -0.347 e. The number of hydrogen-bond donors (Lipinski definition) is 1. The Labute approximate surface area is 178 Å². The summed E-state index contributed by atoms with van der Waals surface area (Å²) in [5.41, 5.74) is 4.71. The molecule has 2 aromatic heterocycles. The van der Waals surface area contributed by atoms with Crippen molar-refractivity contribution < 1.29 is 9.32 Å². The van der Waals surface area contributed by atoms with Gasteiger partial charge in [-0.25, -0.2) is 4.98 Å². The third kappa shape index (κ3) is 3.46. The average Bonchev–Trinajstić information content (AvgIpc) is 3.47. The van der Waals surface area contributed by atoms with Crippen molar-refractivity contribution in [3.8, 4) is 17.5 Å². The highest BCUT2D eigenvalue weighted by atomic mass is 16.5. The van der Waals surface area contributed by atoms with Gasteiger partial charge in [0.25, 0.3) is 5.91 Å². The van der Waals surface area contributed by atoms with E-state index in [0.717, 1.165) is 22.5 Å². The molecule has 0 bridgehead atoms. The van der Waals surface area contributed by atoms with Crippen molar-refractivity contribution in [2.24, 2.45) is 0 Å². The zero-order valence-corrected chi connectivity index (χ0v) is 16.7. The molecule has 0 radical (unpaired) electrons. The van der Waals surface area contributed by atoms with Crippen molar-refractivity contribution in [3.05, 3.63) is 88.8 Å². The summed E-state index contributed by atoms with van der Waals surface area (Å²) in [6.07, 6.45) is 2.10. The highest BCUT2D eigenvalue weighted by Crippen LogP contribution is 2.33. The van der Waals surface area contributed by atoms with Crippen LogP contribution in [0.3, 0.4) is 0 Å². The molecule has 8 nitrogen and oxygen atoms in total. The van der Waals surface area contributed by atoms with Gasteiger partial charge in [-0.05, 0) is 37.3 Å². The highest BCUT2D eigenvalue weighted by Gasteiger charge is 2.36. The largest absolute Gasteiger partial charge is 0.347 e. The number of H-pyrrole nitrogens is 1. The number of imidazole rings is 1. The summed E-state index contributed by atoms with van der Waals surface area (Å²) in [5.74, 6) is 0.675. The van der Waals surface area contributed by atoms with E-state index < -0.39 is 6.04 Å². The van der Waals surface area contributed by atoms with Crippen molar-refractivity contribution in [1.29, 1.82) is 5.26 Å². The van der Waals surface area contributed by atoms with Gasteiger partial charge in [0, 0.05) is 17.5 Å². The number of nitrogens with one attached hydrogen (secondary N) is 1. The number of nitrogens with zero attached hydrogens (tertiary/aromatic N) is 5. The molecule has 8 heteroatoms. The summed E-state index contributed by atoms with van der Waals surface area (Å²) in [6.45, 7) is 2.35. The highest BCUT2D eigenvalue weighted by molar-refractivity contribution is 5.94. The predicted molar refractivity (Wildman–Crippen MR) is 111 cm³/mol. The van der Waals surface area contributed by atoms with Crippen molar-refractivity contribution in [1.82, 2.24) is 25.0 Å². The van der Waals surface area contributed by atoms with Crippen molar-refractivity contribution >= 4 is 5.91 Å². The van der Waals surface area contributed by atoms with Crippen molar-refractivity contribution in [3.63, 3.8) is 0 Å². The number of carbonyl (C=O) groups is 1. The topological polar surface area (TPSA) is 112 Å². The summed E-state index contributed by atoms with van der Waals surface area (Å²) in [7, 11) is 0. The minimum atomic E-state index is -0.440. The molecule has 1 aliphatic heterocycles. The normalized spacial score (nSPS) is 15.4. The van der Waals surface area contributed by atoms with Crippen molar-refractivity contribution in [2.75, 3.05) is 0 Å². The Kier molecular flexibility index (Phi) is 4.56. The molecule has 1 N–H and O–H groups in total. The molecule has 3 heterocycles. The van der Waals surface area contributed by atoms with E-state index in [2.05, 4.69) is 26.2 Å². The van der Waals surface area contributed by atoms with Gasteiger partial charge in [0.2, 0.25) is 11.7 Å². The monoisotopic (exact) mass is 410 g/mol.